The highest BCUT2D eigenvalue weighted by atomic mass is 16.3. The highest BCUT2D eigenvalue weighted by molar-refractivity contribution is 5.87. The van der Waals surface area contributed by atoms with Crippen molar-refractivity contribution in [2.24, 2.45) is 11.7 Å². The number of likely N-dealkylation sites (tertiary alicyclic amines) is 1. The molecule has 9 nitrogen and oxygen atoms in total. The number of carbonyl (C=O) groups excluding carboxylic acids is 1. The van der Waals surface area contributed by atoms with Crippen LogP contribution in [0.5, 0.6) is 0 Å². The van der Waals surface area contributed by atoms with Crippen molar-refractivity contribution < 1.29 is 9.90 Å². The number of nitrogens with zero attached hydrogens (tertiary/aromatic N) is 6. The van der Waals surface area contributed by atoms with Gasteiger partial charge in [-0.3, -0.25) is 9.69 Å². The Hall–Kier alpha value is -3.48. The molecule has 33 heavy (non-hydrogen) atoms. The van der Waals surface area contributed by atoms with Gasteiger partial charge >= 0.3 is 0 Å². The van der Waals surface area contributed by atoms with E-state index >= 15 is 0 Å². The van der Waals surface area contributed by atoms with Gasteiger partial charge in [-0.05, 0) is 43.7 Å². The maximum absolute atomic E-state index is 11.2. The lowest BCUT2D eigenvalue weighted by molar-refractivity contribution is -0.120. The fourth-order valence-electron chi connectivity index (χ4n) is 4.51. The highest BCUT2D eigenvalue weighted by Gasteiger charge is 2.29. The first-order chi connectivity index (χ1) is 16.0. The summed E-state index contributed by atoms with van der Waals surface area (Å²) in [6.45, 7) is 5.54. The van der Waals surface area contributed by atoms with Gasteiger partial charge in [-0.1, -0.05) is 12.1 Å². The second-order valence-electron chi connectivity index (χ2n) is 8.54. The van der Waals surface area contributed by atoms with Crippen molar-refractivity contribution in [1.29, 1.82) is 5.26 Å². The number of rotatable bonds is 8. The number of carbonyl (C=O) groups is 1. The van der Waals surface area contributed by atoms with Crippen LogP contribution in [-0.2, 0) is 17.9 Å². The van der Waals surface area contributed by atoms with E-state index in [4.69, 9.17) is 11.0 Å². The lowest BCUT2D eigenvalue weighted by atomic mass is 9.93. The first kappa shape index (κ1) is 22.7. The summed E-state index contributed by atoms with van der Waals surface area (Å²) in [5.41, 5.74) is 7.88. The van der Waals surface area contributed by atoms with E-state index in [2.05, 4.69) is 32.4 Å². The van der Waals surface area contributed by atoms with E-state index < -0.39 is 6.10 Å². The monoisotopic (exact) mass is 447 g/mol. The van der Waals surface area contributed by atoms with E-state index in [9.17, 15) is 9.90 Å². The summed E-state index contributed by atoms with van der Waals surface area (Å²) in [7, 11) is 0. The summed E-state index contributed by atoms with van der Waals surface area (Å²) in [6, 6.07) is 11.8. The molecule has 0 aliphatic carbocycles. The quantitative estimate of drug-likeness (QED) is 0.536. The third kappa shape index (κ3) is 5.13. The summed E-state index contributed by atoms with van der Waals surface area (Å²) >= 11 is 0. The van der Waals surface area contributed by atoms with E-state index in [1.807, 2.05) is 41.4 Å². The van der Waals surface area contributed by atoms with Crippen molar-refractivity contribution in [2.45, 2.75) is 32.5 Å². The molecule has 1 amide bonds. The highest BCUT2D eigenvalue weighted by Crippen LogP contribution is 2.27. The fourth-order valence-corrected chi connectivity index (χ4v) is 4.51. The van der Waals surface area contributed by atoms with E-state index in [-0.39, 0.29) is 18.4 Å². The van der Waals surface area contributed by atoms with Gasteiger partial charge in [0.25, 0.3) is 0 Å². The third-order valence-corrected chi connectivity index (χ3v) is 6.29. The number of aliphatic hydroxyl groups is 1. The lowest BCUT2D eigenvalue weighted by Gasteiger charge is -2.35. The smallest absolute Gasteiger partial charge is 0.231 e. The van der Waals surface area contributed by atoms with Crippen molar-refractivity contribution in [3.63, 3.8) is 0 Å². The fraction of sp³-hybridized carbons (Fsp3) is 0.417. The molecule has 1 saturated heterocycles. The first-order valence-electron chi connectivity index (χ1n) is 11.2. The maximum Gasteiger partial charge on any atom is 0.231 e. The van der Waals surface area contributed by atoms with Gasteiger partial charge in [-0.25, -0.2) is 9.97 Å². The largest absolute Gasteiger partial charge is 0.391 e. The van der Waals surface area contributed by atoms with Gasteiger partial charge in [0.1, 0.15) is 17.8 Å². The molecule has 3 heterocycles. The minimum absolute atomic E-state index is 0.0732. The number of β-amino-alcohol motifs (C(OH)–C–C–N with tert-alkyl or cyclic N) is 1. The van der Waals surface area contributed by atoms with Crippen LogP contribution in [0.1, 0.15) is 24.5 Å². The Kier molecular flexibility index (Phi) is 6.87. The predicted octanol–water partition coefficient (Wildman–Crippen LogP) is 1.50. The molecule has 1 fully saturated rings. The summed E-state index contributed by atoms with van der Waals surface area (Å²) < 4.78 is 2.08. The predicted molar refractivity (Wildman–Crippen MR) is 125 cm³/mol. The Morgan fingerprint density at radius 1 is 1.30 bits per heavy atom. The Morgan fingerprint density at radius 3 is 2.76 bits per heavy atom. The number of nitrogens with two attached hydrogens (primary N) is 1. The average Bonchev–Trinajstić information content (AvgIpc) is 3.22. The van der Waals surface area contributed by atoms with Crippen LogP contribution < -0.4 is 10.6 Å². The number of amides is 1. The molecule has 1 aromatic carbocycles. The van der Waals surface area contributed by atoms with Crippen LogP contribution in [0.2, 0.25) is 0 Å². The zero-order valence-corrected chi connectivity index (χ0v) is 18.8. The molecule has 4 rings (SSSR count). The third-order valence-electron chi connectivity index (χ3n) is 6.29. The van der Waals surface area contributed by atoms with Gasteiger partial charge < -0.3 is 20.3 Å². The van der Waals surface area contributed by atoms with E-state index in [0.29, 0.717) is 25.2 Å². The number of benzene rings is 1. The maximum atomic E-state index is 11.2. The van der Waals surface area contributed by atoms with E-state index in [0.717, 1.165) is 41.9 Å². The number of anilines is 1. The number of aromatic nitrogens is 3. The standard InChI is InChI=1S/C24H29N7O2/c1-2-30(12-18-5-3-17(11-25)4-6-18)23-20-8-10-31(24(20)28-16-27-23)13-19-7-9-29(14-21(19)32)15-22(26)33/h3-6,8,10,16,19,21,32H,2,7,9,12-15H2,1H3,(H2,26,33)/t19-,21+/m1/s1. The molecular formula is C24H29N7O2. The van der Waals surface area contributed by atoms with Crippen LogP contribution in [0, 0.1) is 17.2 Å². The van der Waals surface area contributed by atoms with Crippen LogP contribution in [-0.4, -0.2) is 62.7 Å². The van der Waals surface area contributed by atoms with Crippen LogP contribution in [0.4, 0.5) is 5.82 Å². The lowest BCUT2D eigenvalue weighted by Crippen LogP contribution is -2.47. The number of nitriles is 1. The zero-order chi connectivity index (χ0) is 23.4. The second kappa shape index (κ2) is 9.98. The molecule has 0 spiro atoms. The van der Waals surface area contributed by atoms with Gasteiger partial charge in [-0.15, -0.1) is 0 Å². The van der Waals surface area contributed by atoms with Gasteiger partial charge in [-0.2, -0.15) is 5.26 Å². The molecule has 3 aromatic rings. The molecule has 0 unspecified atom stereocenters. The van der Waals surface area contributed by atoms with Gasteiger partial charge in [0, 0.05) is 38.3 Å². The molecule has 0 radical (unpaired) electrons. The van der Waals surface area contributed by atoms with Crippen LogP contribution in [0.3, 0.4) is 0 Å². The molecule has 172 valence electrons. The second-order valence-corrected chi connectivity index (χ2v) is 8.54. The molecule has 9 heteroatoms. The summed E-state index contributed by atoms with van der Waals surface area (Å²) in [4.78, 5) is 24.4. The molecule has 2 aromatic heterocycles. The van der Waals surface area contributed by atoms with Crippen LogP contribution in [0.15, 0.2) is 42.9 Å². The minimum atomic E-state index is -0.527. The number of piperidine rings is 1. The normalized spacial score (nSPS) is 18.8. The van der Waals surface area contributed by atoms with E-state index in [1.54, 1.807) is 6.33 Å². The topological polar surface area (TPSA) is 124 Å². The molecule has 1 aliphatic rings. The van der Waals surface area contributed by atoms with E-state index in [1.165, 1.54) is 0 Å². The number of aliphatic hydroxyl groups excluding tert-OH is 1. The Balaban J connectivity index is 1.51. The Morgan fingerprint density at radius 2 is 2.09 bits per heavy atom. The van der Waals surface area contributed by atoms with Gasteiger partial charge in [0.2, 0.25) is 5.91 Å². The molecule has 0 bridgehead atoms. The molecular weight excluding hydrogens is 418 g/mol. The summed E-state index contributed by atoms with van der Waals surface area (Å²) in [5.74, 6) is 0.564. The Labute approximate surface area is 193 Å². The van der Waals surface area contributed by atoms with Crippen LogP contribution in [0.25, 0.3) is 11.0 Å². The first-order valence-corrected chi connectivity index (χ1v) is 11.2. The summed E-state index contributed by atoms with van der Waals surface area (Å²) in [6.07, 6.45) is 3.84. The van der Waals surface area contributed by atoms with Crippen molar-refractivity contribution in [3.05, 3.63) is 54.0 Å². The summed E-state index contributed by atoms with van der Waals surface area (Å²) in [5, 5.41) is 20.6. The zero-order valence-electron chi connectivity index (χ0n) is 18.8. The van der Waals surface area contributed by atoms with Crippen molar-refractivity contribution in [2.75, 3.05) is 31.1 Å². The molecule has 3 N–H and O–H groups in total. The number of fused-ring (bicyclic) bond motifs is 1. The Bertz CT molecular complexity index is 1150. The van der Waals surface area contributed by atoms with Crippen molar-refractivity contribution in [3.8, 4) is 6.07 Å². The number of hydrogen-bond acceptors (Lipinski definition) is 7. The van der Waals surface area contributed by atoms with Gasteiger partial charge in [0.05, 0.1) is 29.7 Å². The van der Waals surface area contributed by atoms with Crippen molar-refractivity contribution in [1.82, 2.24) is 19.4 Å². The molecule has 2 atom stereocenters. The number of primary amides is 1. The van der Waals surface area contributed by atoms with Gasteiger partial charge in [0.15, 0.2) is 0 Å². The molecule has 1 aliphatic heterocycles. The van der Waals surface area contributed by atoms with Crippen LogP contribution >= 0.6 is 0 Å². The number of hydrogen-bond donors (Lipinski definition) is 2. The average molecular weight is 448 g/mol. The van der Waals surface area contributed by atoms with Crippen molar-refractivity contribution >= 4 is 22.8 Å². The minimum Gasteiger partial charge on any atom is -0.391 e. The molecule has 0 saturated carbocycles. The SMILES string of the molecule is CCN(Cc1ccc(C#N)cc1)c1ncnc2c1ccn2C[C@H]1CCN(CC(N)=O)C[C@@H]1O.